The summed E-state index contributed by atoms with van der Waals surface area (Å²) in [5.74, 6) is 0. The number of urea groups is 2. The Morgan fingerprint density at radius 3 is 2.45 bits per heavy atom. The molecule has 0 aliphatic carbocycles. The maximum Gasteiger partial charge on any atom is 0.328 e. The van der Waals surface area contributed by atoms with Crippen LogP contribution < -0.4 is 20.9 Å². The molecule has 3 fully saturated rings. The summed E-state index contributed by atoms with van der Waals surface area (Å²) < 4.78 is 5.33. The van der Waals surface area contributed by atoms with Crippen molar-refractivity contribution in [3.63, 3.8) is 0 Å². The Balaban J connectivity index is 1.37. The Kier molecular flexibility index (Phi) is 6.20. The summed E-state index contributed by atoms with van der Waals surface area (Å²) in [5, 5.41) is 9.05. The van der Waals surface area contributed by atoms with E-state index in [0.717, 1.165) is 18.7 Å². The van der Waals surface area contributed by atoms with Gasteiger partial charge in [-0.05, 0) is 56.7 Å². The van der Waals surface area contributed by atoms with Gasteiger partial charge < -0.3 is 20.3 Å². The molecule has 1 aromatic carbocycles. The van der Waals surface area contributed by atoms with Gasteiger partial charge in [0.2, 0.25) is 0 Å². The Morgan fingerprint density at radius 2 is 1.76 bits per heavy atom. The molecule has 0 radical (unpaired) electrons. The summed E-state index contributed by atoms with van der Waals surface area (Å²) in [6, 6.07) is 7.65. The maximum absolute atomic E-state index is 12.6. The lowest BCUT2D eigenvalue weighted by atomic mass is 10.1. The van der Waals surface area contributed by atoms with E-state index in [4.69, 9.17) is 4.74 Å². The summed E-state index contributed by atoms with van der Waals surface area (Å²) in [4.78, 5) is 28.8. The van der Waals surface area contributed by atoms with E-state index in [0.29, 0.717) is 26.1 Å². The van der Waals surface area contributed by atoms with Crippen LogP contribution in [0.4, 0.5) is 15.3 Å². The normalized spacial score (nSPS) is 22.9. The molecule has 4 amide bonds. The highest BCUT2D eigenvalue weighted by Gasteiger charge is 2.37. The minimum atomic E-state index is -0.597. The Bertz CT molecular complexity index is 713. The Labute approximate surface area is 171 Å². The van der Waals surface area contributed by atoms with Gasteiger partial charge in [0.15, 0.2) is 6.29 Å². The van der Waals surface area contributed by atoms with Gasteiger partial charge in [-0.2, -0.15) is 0 Å². The summed E-state index contributed by atoms with van der Waals surface area (Å²) >= 11 is 0. The van der Waals surface area contributed by atoms with Gasteiger partial charge in [0.1, 0.15) is 0 Å². The van der Waals surface area contributed by atoms with Crippen LogP contribution in [0.1, 0.15) is 50.6 Å². The molecule has 1 atom stereocenters. The molecule has 3 aliphatic rings. The Morgan fingerprint density at radius 1 is 1.07 bits per heavy atom. The van der Waals surface area contributed by atoms with Gasteiger partial charge in [-0.3, -0.25) is 5.32 Å². The molecule has 158 valence electrons. The Hall–Kier alpha value is -2.32. The number of benzene rings is 1. The predicted molar refractivity (Wildman–Crippen MR) is 111 cm³/mol. The highest BCUT2D eigenvalue weighted by molar-refractivity contribution is 5.96. The van der Waals surface area contributed by atoms with Crippen LogP contribution in [0.5, 0.6) is 0 Å². The monoisotopic (exact) mass is 401 g/mol. The molecule has 1 aromatic rings. The number of hydrogen-bond donors (Lipinski definition) is 3. The number of ether oxygens (including phenoxy) is 1. The van der Waals surface area contributed by atoms with Gasteiger partial charge in [0, 0.05) is 44.1 Å². The fourth-order valence-corrected chi connectivity index (χ4v) is 4.36. The van der Waals surface area contributed by atoms with E-state index in [-0.39, 0.29) is 24.1 Å². The van der Waals surface area contributed by atoms with Gasteiger partial charge in [-0.15, -0.1) is 0 Å². The molecule has 8 nitrogen and oxygen atoms in total. The van der Waals surface area contributed by atoms with Gasteiger partial charge >= 0.3 is 12.1 Å². The van der Waals surface area contributed by atoms with E-state index >= 15 is 0 Å². The topological polar surface area (TPSA) is 85.9 Å². The molecule has 3 heterocycles. The quantitative estimate of drug-likeness (QED) is 0.706. The highest BCUT2D eigenvalue weighted by atomic mass is 16.5. The minimum absolute atomic E-state index is 0.0278. The standard InChI is InChI=1S/C21H31N5O3/c1-15(16-6-5-7-18(14-16)25-10-3-2-4-11-25)22-19-23-20(27)26(21(28)24-19)17-8-12-29-13-9-17/h5-7,14-15,17,19,22H,2-4,8-13H2,1H3,(H,23,27)(H,24,28)/t15-/m0/s1. The molecule has 0 aromatic heterocycles. The fourth-order valence-electron chi connectivity index (χ4n) is 4.36. The smallest absolute Gasteiger partial charge is 0.328 e. The number of carbonyl (C=O) groups is 2. The van der Waals surface area contributed by atoms with Crippen molar-refractivity contribution in [1.29, 1.82) is 0 Å². The summed E-state index contributed by atoms with van der Waals surface area (Å²) in [7, 11) is 0. The lowest BCUT2D eigenvalue weighted by Gasteiger charge is -2.39. The van der Waals surface area contributed by atoms with E-state index in [1.807, 2.05) is 6.92 Å². The van der Waals surface area contributed by atoms with Gasteiger partial charge in [-0.1, -0.05) is 12.1 Å². The average molecular weight is 402 g/mol. The van der Waals surface area contributed by atoms with Crippen molar-refractivity contribution >= 4 is 17.7 Å². The predicted octanol–water partition coefficient (Wildman–Crippen LogP) is 2.52. The molecule has 0 spiro atoms. The van der Waals surface area contributed by atoms with Crippen molar-refractivity contribution in [1.82, 2.24) is 20.9 Å². The molecule has 0 unspecified atom stereocenters. The number of amides is 4. The van der Waals surface area contributed by atoms with Crippen molar-refractivity contribution in [2.45, 2.75) is 57.4 Å². The van der Waals surface area contributed by atoms with Crippen LogP contribution in [-0.4, -0.2) is 55.6 Å². The van der Waals surface area contributed by atoms with Crippen molar-refractivity contribution in [2.75, 3.05) is 31.2 Å². The molecule has 3 aliphatic heterocycles. The average Bonchev–Trinajstić information content (AvgIpc) is 2.75. The molecular formula is C21H31N5O3. The first-order valence-corrected chi connectivity index (χ1v) is 10.7. The number of piperidine rings is 1. The minimum Gasteiger partial charge on any atom is -0.381 e. The molecule has 29 heavy (non-hydrogen) atoms. The summed E-state index contributed by atoms with van der Waals surface area (Å²) in [6.45, 7) is 5.39. The van der Waals surface area contributed by atoms with Gasteiger partial charge in [0.05, 0.1) is 0 Å². The van der Waals surface area contributed by atoms with Crippen LogP contribution >= 0.6 is 0 Å². The van der Waals surface area contributed by atoms with Gasteiger partial charge in [0.25, 0.3) is 0 Å². The number of anilines is 1. The van der Waals surface area contributed by atoms with E-state index in [9.17, 15) is 9.59 Å². The summed E-state index contributed by atoms with van der Waals surface area (Å²) in [5.41, 5.74) is 2.36. The molecule has 4 rings (SSSR count). The fraction of sp³-hybridized carbons (Fsp3) is 0.619. The first-order valence-electron chi connectivity index (χ1n) is 10.7. The molecule has 8 heteroatoms. The zero-order valence-electron chi connectivity index (χ0n) is 17.0. The summed E-state index contributed by atoms with van der Waals surface area (Å²) in [6.07, 6.45) is 4.54. The van der Waals surface area contributed by atoms with Crippen LogP contribution in [0.2, 0.25) is 0 Å². The van der Waals surface area contributed by atoms with Crippen LogP contribution in [0.25, 0.3) is 0 Å². The highest BCUT2D eigenvalue weighted by Crippen LogP contribution is 2.24. The van der Waals surface area contributed by atoms with Crippen LogP contribution in [0.15, 0.2) is 24.3 Å². The van der Waals surface area contributed by atoms with E-state index in [1.54, 1.807) is 0 Å². The van der Waals surface area contributed by atoms with Crippen molar-refractivity contribution in [2.24, 2.45) is 0 Å². The third-order valence-electron chi connectivity index (χ3n) is 6.04. The van der Waals surface area contributed by atoms with E-state index in [1.165, 1.54) is 29.8 Å². The van der Waals surface area contributed by atoms with Crippen molar-refractivity contribution in [3.8, 4) is 0 Å². The molecule has 3 saturated heterocycles. The maximum atomic E-state index is 12.6. The molecule has 0 bridgehead atoms. The first kappa shape index (κ1) is 20.0. The molecular weight excluding hydrogens is 370 g/mol. The second-order valence-electron chi connectivity index (χ2n) is 8.08. The van der Waals surface area contributed by atoms with Crippen LogP contribution in [-0.2, 0) is 4.74 Å². The lowest BCUT2D eigenvalue weighted by molar-refractivity contribution is 0.0492. The number of imide groups is 1. The number of nitrogens with one attached hydrogen (secondary N) is 3. The lowest BCUT2D eigenvalue weighted by Crippen LogP contribution is -2.70. The number of hydrogen-bond acceptors (Lipinski definition) is 5. The SMILES string of the molecule is C[C@H](NC1NC(=O)N(C2CCOCC2)C(=O)N1)c1cccc(N2CCCCC2)c1. The van der Waals surface area contributed by atoms with Crippen LogP contribution in [0.3, 0.4) is 0 Å². The number of nitrogens with zero attached hydrogens (tertiary/aromatic N) is 2. The largest absolute Gasteiger partial charge is 0.381 e. The zero-order valence-corrected chi connectivity index (χ0v) is 17.0. The second-order valence-corrected chi connectivity index (χ2v) is 8.08. The zero-order chi connectivity index (χ0) is 20.2. The number of rotatable bonds is 5. The first-order chi connectivity index (χ1) is 14.1. The van der Waals surface area contributed by atoms with Crippen molar-refractivity contribution in [3.05, 3.63) is 29.8 Å². The van der Waals surface area contributed by atoms with Crippen LogP contribution in [0, 0.1) is 0 Å². The third-order valence-corrected chi connectivity index (χ3v) is 6.04. The van der Waals surface area contributed by atoms with E-state index < -0.39 is 6.29 Å². The van der Waals surface area contributed by atoms with E-state index in [2.05, 4.69) is 45.1 Å². The van der Waals surface area contributed by atoms with Crippen molar-refractivity contribution < 1.29 is 14.3 Å². The number of carbonyl (C=O) groups excluding carboxylic acids is 2. The molecule has 3 N–H and O–H groups in total. The molecule has 0 saturated carbocycles. The second kappa shape index (κ2) is 9.00. The van der Waals surface area contributed by atoms with Gasteiger partial charge in [-0.25, -0.2) is 14.5 Å². The third kappa shape index (κ3) is 4.64.